The van der Waals surface area contributed by atoms with Gasteiger partial charge in [-0.25, -0.2) is 4.98 Å². The van der Waals surface area contributed by atoms with E-state index in [4.69, 9.17) is 16.7 Å². The third-order valence-corrected chi connectivity index (χ3v) is 1.28. The standard InChI is InChI=1S/C6H4F2N4/c7-3-5(11)4(10)2(1-9)12-6(3)8/h10H2,(H2,11,12). The number of hydrogen-bond donors (Lipinski definition) is 2. The molecule has 4 nitrogen and oxygen atoms in total. The average molecular weight is 170 g/mol. The van der Waals surface area contributed by atoms with Gasteiger partial charge in [0.1, 0.15) is 6.07 Å². The second-order valence-corrected chi connectivity index (χ2v) is 2.00. The van der Waals surface area contributed by atoms with Crippen LogP contribution in [0.15, 0.2) is 0 Å². The van der Waals surface area contributed by atoms with E-state index in [9.17, 15) is 8.78 Å². The highest BCUT2D eigenvalue weighted by Gasteiger charge is 2.14. The zero-order chi connectivity index (χ0) is 9.30. The summed E-state index contributed by atoms with van der Waals surface area (Å²) in [5.74, 6) is -2.75. The number of nitriles is 1. The average Bonchev–Trinajstić information content (AvgIpc) is 2.08. The first kappa shape index (κ1) is 8.20. The Morgan fingerprint density at radius 2 is 1.83 bits per heavy atom. The van der Waals surface area contributed by atoms with Gasteiger partial charge in [0.15, 0.2) is 5.69 Å². The summed E-state index contributed by atoms with van der Waals surface area (Å²) in [7, 11) is 0. The van der Waals surface area contributed by atoms with Crippen LogP contribution in [-0.4, -0.2) is 4.98 Å². The number of rotatable bonds is 0. The van der Waals surface area contributed by atoms with Crippen molar-refractivity contribution in [3.63, 3.8) is 0 Å². The topological polar surface area (TPSA) is 88.7 Å². The number of pyridine rings is 1. The minimum Gasteiger partial charge on any atom is -0.395 e. The van der Waals surface area contributed by atoms with E-state index < -0.39 is 23.1 Å². The fraction of sp³-hybridized carbons (Fsp3) is 0. The Labute approximate surface area is 66.4 Å². The zero-order valence-corrected chi connectivity index (χ0v) is 5.81. The van der Waals surface area contributed by atoms with Crippen LogP contribution >= 0.6 is 0 Å². The molecule has 0 unspecified atom stereocenters. The third-order valence-electron chi connectivity index (χ3n) is 1.28. The Bertz CT molecular complexity index is 369. The van der Waals surface area contributed by atoms with Crippen molar-refractivity contribution in [3.8, 4) is 6.07 Å². The molecule has 62 valence electrons. The lowest BCUT2D eigenvalue weighted by atomic mass is 10.2. The van der Waals surface area contributed by atoms with Gasteiger partial charge in [-0.2, -0.15) is 14.0 Å². The Morgan fingerprint density at radius 3 is 2.33 bits per heavy atom. The molecule has 1 rings (SSSR count). The van der Waals surface area contributed by atoms with Gasteiger partial charge in [0.05, 0.1) is 11.4 Å². The molecule has 0 amide bonds. The van der Waals surface area contributed by atoms with Gasteiger partial charge in [0.25, 0.3) is 5.95 Å². The van der Waals surface area contributed by atoms with Crippen molar-refractivity contribution in [2.75, 3.05) is 11.5 Å². The molecule has 0 aliphatic heterocycles. The largest absolute Gasteiger partial charge is 0.395 e. The first-order chi connectivity index (χ1) is 5.57. The minimum absolute atomic E-state index is 0.337. The van der Waals surface area contributed by atoms with Crippen LogP contribution in [0.1, 0.15) is 5.69 Å². The van der Waals surface area contributed by atoms with E-state index in [1.807, 2.05) is 0 Å². The molecule has 12 heavy (non-hydrogen) atoms. The third kappa shape index (κ3) is 1.01. The van der Waals surface area contributed by atoms with Crippen LogP contribution in [0.25, 0.3) is 0 Å². The highest BCUT2D eigenvalue weighted by molar-refractivity contribution is 5.68. The Balaban J connectivity index is 3.52. The summed E-state index contributed by atoms with van der Waals surface area (Å²) in [6, 6.07) is 1.48. The van der Waals surface area contributed by atoms with Gasteiger partial charge < -0.3 is 11.5 Å². The molecule has 0 atom stereocenters. The van der Waals surface area contributed by atoms with Gasteiger partial charge in [-0.05, 0) is 0 Å². The van der Waals surface area contributed by atoms with E-state index in [0.29, 0.717) is 0 Å². The van der Waals surface area contributed by atoms with Crippen LogP contribution < -0.4 is 11.5 Å². The fourth-order valence-corrected chi connectivity index (χ4v) is 0.650. The lowest BCUT2D eigenvalue weighted by Gasteiger charge is -2.02. The normalized spacial score (nSPS) is 9.42. The molecule has 1 aromatic rings. The molecule has 0 fully saturated rings. The molecule has 6 heteroatoms. The van der Waals surface area contributed by atoms with Gasteiger partial charge in [-0.15, -0.1) is 0 Å². The number of nitrogens with two attached hydrogens (primary N) is 2. The van der Waals surface area contributed by atoms with E-state index in [0.717, 1.165) is 0 Å². The number of aromatic nitrogens is 1. The van der Waals surface area contributed by atoms with Gasteiger partial charge in [0.2, 0.25) is 5.82 Å². The summed E-state index contributed by atoms with van der Waals surface area (Å²) < 4.78 is 25.0. The molecular weight excluding hydrogens is 166 g/mol. The summed E-state index contributed by atoms with van der Waals surface area (Å²) in [5, 5.41) is 8.32. The van der Waals surface area contributed by atoms with E-state index >= 15 is 0 Å². The molecule has 1 aromatic heterocycles. The molecule has 0 aliphatic carbocycles. The van der Waals surface area contributed by atoms with E-state index in [1.165, 1.54) is 6.07 Å². The van der Waals surface area contributed by atoms with Crippen molar-refractivity contribution < 1.29 is 8.78 Å². The first-order valence-electron chi connectivity index (χ1n) is 2.88. The van der Waals surface area contributed by atoms with Gasteiger partial charge in [-0.1, -0.05) is 0 Å². The highest BCUT2D eigenvalue weighted by Crippen LogP contribution is 2.22. The molecule has 0 bridgehead atoms. The Morgan fingerprint density at radius 1 is 1.25 bits per heavy atom. The molecular formula is C6H4F2N4. The summed E-state index contributed by atoms with van der Waals surface area (Å²) in [6.45, 7) is 0. The van der Waals surface area contributed by atoms with Gasteiger partial charge >= 0.3 is 0 Å². The first-order valence-corrected chi connectivity index (χ1v) is 2.88. The van der Waals surface area contributed by atoms with Crippen LogP contribution in [0.5, 0.6) is 0 Å². The van der Waals surface area contributed by atoms with Crippen molar-refractivity contribution >= 4 is 11.4 Å². The molecule has 0 saturated carbocycles. The van der Waals surface area contributed by atoms with Crippen molar-refractivity contribution in [1.82, 2.24) is 4.98 Å². The SMILES string of the molecule is N#Cc1nc(F)c(F)c(N)c1N. The Kier molecular flexibility index (Phi) is 1.79. The quantitative estimate of drug-likeness (QED) is 0.551. The number of nitrogen functional groups attached to an aromatic ring is 2. The molecule has 0 spiro atoms. The maximum Gasteiger partial charge on any atom is 0.252 e. The number of halogens is 2. The van der Waals surface area contributed by atoms with Crippen LogP contribution in [-0.2, 0) is 0 Å². The van der Waals surface area contributed by atoms with Crippen LogP contribution in [0, 0.1) is 23.1 Å². The number of anilines is 2. The molecule has 0 radical (unpaired) electrons. The Hall–Kier alpha value is -1.90. The predicted octanol–water partition coefficient (Wildman–Crippen LogP) is 0.396. The minimum atomic E-state index is -1.42. The zero-order valence-electron chi connectivity index (χ0n) is 5.81. The summed E-state index contributed by atoms with van der Waals surface area (Å²) in [6.07, 6.45) is 0. The van der Waals surface area contributed by atoms with Crippen molar-refractivity contribution in [1.29, 1.82) is 5.26 Å². The van der Waals surface area contributed by atoms with E-state index in [1.54, 1.807) is 0 Å². The number of hydrogen-bond acceptors (Lipinski definition) is 4. The van der Waals surface area contributed by atoms with Crippen LogP contribution in [0.4, 0.5) is 20.2 Å². The maximum atomic E-state index is 12.6. The second-order valence-electron chi connectivity index (χ2n) is 2.00. The maximum absolute atomic E-state index is 12.6. The monoisotopic (exact) mass is 170 g/mol. The van der Waals surface area contributed by atoms with Gasteiger partial charge in [-0.3, -0.25) is 0 Å². The molecule has 0 saturated heterocycles. The lowest BCUT2D eigenvalue weighted by Crippen LogP contribution is -2.06. The van der Waals surface area contributed by atoms with Crippen molar-refractivity contribution in [2.45, 2.75) is 0 Å². The fourth-order valence-electron chi connectivity index (χ4n) is 0.650. The summed E-state index contributed by atoms with van der Waals surface area (Å²) in [5.41, 5.74) is 8.84. The second kappa shape index (κ2) is 2.62. The van der Waals surface area contributed by atoms with Crippen LogP contribution in [0.3, 0.4) is 0 Å². The molecule has 0 aromatic carbocycles. The lowest BCUT2D eigenvalue weighted by molar-refractivity contribution is 0.482. The summed E-state index contributed by atoms with van der Waals surface area (Å²) in [4.78, 5) is 2.94. The smallest absolute Gasteiger partial charge is 0.252 e. The van der Waals surface area contributed by atoms with Crippen molar-refractivity contribution in [3.05, 3.63) is 17.5 Å². The molecule has 0 aliphatic rings. The van der Waals surface area contributed by atoms with Crippen molar-refractivity contribution in [2.24, 2.45) is 0 Å². The number of nitrogens with zero attached hydrogens (tertiary/aromatic N) is 2. The van der Waals surface area contributed by atoms with Gasteiger partial charge in [0, 0.05) is 0 Å². The molecule has 1 heterocycles. The predicted molar refractivity (Wildman–Crippen MR) is 37.7 cm³/mol. The van der Waals surface area contributed by atoms with E-state index in [2.05, 4.69) is 4.98 Å². The highest BCUT2D eigenvalue weighted by atomic mass is 19.2. The summed E-state index contributed by atoms with van der Waals surface area (Å²) >= 11 is 0. The van der Waals surface area contributed by atoms with E-state index in [-0.39, 0.29) is 5.69 Å². The van der Waals surface area contributed by atoms with Crippen LogP contribution in [0.2, 0.25) is 0 Å². The molecule has 4 N–H and O–H groups in total.